The van der Waals surface area contributed by atoms with E-state index in [0.717, 1.165) is 101 Å². The van der Waals surface area contributed by atoms with E-state index in [-0.39, 0.29) is 10.8 Å². The average Bonchev–Trinajstić information content (AvgIpc) is 3.10. The zero-order chi connectivity index (χ0) is 54.0. The number of nitrogens with zero attached hydrogens (tertiary/aromatic N) is 6. The molecule has 2 aliphatic heterocycles. The van der Waals surface area contributed by atoms with Crippen molar-refractivity contribution in [2.24, 2.45) is 0 Å². The van der Waals surface area contributed by atoms with Crippen molar-refractivity contribution in [2.75, 3.05) is 9.80 Å². The zero-order valence-electron chi connectivity index (χ0n) is 45.1. The summed E-state index contributed by atoms with van der Waals surface area (Å²) in [6, 6.07) is 95.2. The third kappa shape index (κ3) is 8.27. The lowest BCUT2D eigenvalue weighted by Crippen LogP contribution is -2.31. The molecule has 0 unspecified atom stereocenters. The van der Waals surface area contributed by atoms with Gasteiger partial charge in [0.25, 0.3) is 0 Å². The van der Waals surface area contributed by atoms with Crippen LogP contribution in [0, 0.1) is 0 Å². The van der Waals surface area contributed by atoms with Crippen LogP contribution in [0.1, 0.15) is 49.9 Å². The van der Waals surface area contributed by atoms with Crippen LogP contribution in [0.25, 0.3) is 78.9 Å². The fourth-order valence-corrected chi connectivity index (χ4v) is 12.2. The van der Waals surface area contributed by atoms with Gasteiger partial charge in [-0.2, -0.15) is 0 Å². The van der Waals surface area contributed by atoms with Crippen molar-refractivity contribution >= 4 is 34.1 Å². The molecule has 2 aliphatic rings. The molecule has 6 heteroatoms. The number of fused-ring (bicyclic) bond motifs is 4. The SMILES string of the molecule is CC1(C)c2ccccc2N(c2cc(-c3cc(-c4ccccc4)nc(-c4ccccc4)n3)ccc2-c2ccc(-c3cc(-c4ccccc4)nc(-c4ccccc4)n3)cc2N2c3ccccc3C(C)(C)c3ccccc32)c2ccccc21. The molecular weight excluding hydrogens is 973 g/mol. The Kier molecular flexibility index (Phi) is 11.8. The Morgan fingerprint density at radius 3 is 0.812 bits per heavy atom. The quantitative estimate of drug-likeness (QED) is 0.144. The molecule has 0 saturated carbocycles. The van der Waals surface area contributed by atoms with Gasteiger partial charge in [-0.05, 0) is 70.8 Å². The van der Waals surface area contributed by atoms with Crippen LogP contribution >= 0.6 is 0 Å². The molecular formula is C74H56N6. The second-order valence-electron chi connectivity index (χ2n) is 21.8. The second kappa shape index (κ2) is 19.5. The van der Waals surface area contributed by atoms with Crippen LogP contribution in [0.3, 0.4) is 0 Å². The Bertz CT molecular complexity index is 3810. The third-order valence-corrected chi connectivity index (χ3v) is 16.3. The number of aromatic nitrogens is 4. The van der Waals surface area contributed by atoms with Gasteiger partial charge in [0.2, 0.25) is 0 Å². The first kappa shape index (κ1) is 48.3. The van der Waals surface area contributed by atoms with Crippen molar-refractivity contribution in [3.8, 4) is 78.9 Å². The minimum Gasteiger partial charge on any atom is -0.309 e. The van der Waals surface area contributed by atoms with E-state index >= 15 is 0 Å². The van der Waals surface area contributed by atoms with Crippen LogP contribution in [0.15, 0.2) is 267 Å². The standard InChI is InChI=1S/C74H56N6/c1-73(2)57-33-17-21-37-65(57)79(66-38-22-18-34-58(66)73)69-45-53(63-47-61(49-25-9-5-10-26-49)75-71(77-63)51-29-13-7-14-30-51)41-43-55(69)56-44-42-54(64-48-62(50-27-11-6-12-28-50)76-72(78-64)52-31-15-8-16-32-52)46-70(56)80-67-39-23-19-35-59(67)74(3,4)60-36-20-24-40-68(60)80/h5-48H,1-4H3. The second-order valence-corrected chi connectivity index (χ2v) is 21.8. The minimum absolute atomic E-state index is 0.279. The largest absolute Gasteiger partial charge is 0.309 e. The predicted octanol–water partition coefficient (Wildman–Crippen LogP) is 19.2. The molecule has 0 N–H and O–H groups in total. The fourth-order valence-electron chi connectivity index (χ4n) is 12.2. The predicted molar refractivity (Wildman–Crippen MR) is 329 cm³/mol. The molecule has 12 aromatic rings. The molecule has 0 spiro atoms. The molecule has 80 heavy (non-hydrogen) atoms. The molecule has 0 amide bonds. The first-order chi connectivity index (χ1) is 39.2. The third-order valence-electron chi connectivity index (χ3n) is 16.3. The van der Waals surface area contributed by atoms with E-state index in [1.54, 1.807) is 0 Å². The van der Waals surface area contributed by atoms with Crippen molar-refractivity contribution in [3.05, 3.63) is 289 Å². The summed E-state index contributed by atoms with van der Waals surface area (Å²) in [6.07, 6.45) is 0. The monoisotopic (exact) mass is 1030 g/mol. The Balaban J connectivity index is 1.07. The van der Waals surface area contributed by atoms with Gasteiger partial charge in [-0.3, -0.25) is 0 Å². The maximum atomic E-state index is 5.41. The van der Waals surface area contributed by atoms with Gasteiger partial charge in [-0.15, -0.1) is 0 Å². The lowest BCUT2D eigenvalue weighted by molar-refractivity contribution is 0.631. The molecule has 0 saturated heterocycles. The summed E-state index contributed by atoms with van der Waals surface area (Å²) in [5.74, 6) is 1.34. The van der Waals surface area contributed by atoms with Crippen LogP contribution in [0.2, 0.25) is 0 Å². The zero-order valence-corrected chi connectivity index (χ0v) is 45.1. The Hall–Kier alpha value is -10.0. The normalized spacial score (nSPS) is 13.7. The molecule has 6 nitrogen and oxygen atoms in total. The molecule has 10 aromatic carbocycles. The maximum Gasteiger partial charge on any atom is 0.160 e. The minimum atomic E-state index is -0.279. The van der Waals surface area contributed by atoms with Crippen molar-refractivity contribution in [1.29, 1.82) is 0 Å². The molecule has 382 valence electrons. The summed E-state index contributed by atoms with van der Waals surface area (Å²) < 4.78 is 0. The van der Waals surface area contributed by atoms with Gasteiger partial charge < -0.3 is 9.80 Å². The highest BCUT2D eigenvalue weighted by Gasteiger charge is 2.40. The lowest BCUT2D eigenvalue weighted by atomic mass is 9.73. The summed E-state index contributed by atoms with van der Waals surface area (Å²) in [4.78, 5) is 26.2. The van der Waals surface area contributed by atoms with E-state index in [0.29, 0.717) is 11.6 Å². The van der Waals surface area contributed by atoms with Crippen LogP contribution in [0.4, 0.5) is 34.1 Å². The van der Waals surface area contributed by atoms with E-state index in [1.165, 1.54) is 22.3 Å². The Morgan fingerprint density at radius 2 is 0.500 bits per heavy atom. The summed E-state index contributed by atoms with van der Waals surface area (Å²) in [7, 11) is 0. The van der Waals surface area contributed by atoms with E-state index < -0.39 is 0 Å². The van der Waals surface area contributed by atoms with Crippen molar-refractivity contribution in [3.63, 3.8) is 0 Å². The van der Waals surface area contributed by atoms with Crippen molar-refractivity contribution in [1.82, 2.24) is 19.9 Å². The van der Waals surface area contributed by atoms with E-state index in [1.807, 2.05) is 48.5 Å². The smallest absolute Gasteiger partial charge is 0.160 e. The maximum absolute atomic E-state index is 5.41. The van der Waals surface area contributed by atoms with Gasteiger partial charge >= 0.3 is 0 Å². The number of hydrogen-bond donors (Lipinski definition) is 0. The first-order valence-corrected chi connectivity index (χ1v) is 27.5. The number of anilines is 6. The highest BCUT2D eigenvalue weighted by atomic mass is 15.2. The molecule has 4 heterocycles. The van der Waals surface area contributed by atoms with Crippen LogP contribution < -0.4 is 9.80 Å². The first-order valence-electron chi connectivity index (χ1n) is 27.5. The van der Waals surface area contributed by atoms with E-state index in [2.05, 4.69) is 256 Å². The molecule has 0 fully saturated rings. The lowest BCUT2D eigenvalue weighted by Gasteiger charge is -2.44. The fraction of sp³-hybridized carbons (Fsp3) is 0.0811. The van der Waals surface area contributed by atoms with Gasteiger partial charge in [-0.25, -0.2) is 19.9 Å². The molecule has 0 radical (unpaired) electrons. The topological polar surface area (TPSA) is 58.0 Å². The Labute approximate surface area is 468 Å². The van der Waals surface area contributed by atoms with Gasteiger partial charge in [0.05, 0.1) is 56.9 Å². The highest BCUT2D eigenvalue weighted by molar-refractivity contribution is 6.01. The number of rotatable bonds is 9. The van der Waals surface area contributed by atoms with Crippen molar-refractivity contribution in [2.45, 2.75) is 38.5 Å². The number of hydrogen-bond acceptors (Lipinski definition) is 6. The summed E-state index contributed by atoms with van der Waals surface area (Å²) in [5.41, 5.74) is 22.4. The summed E-state index contributed by atoms with van der Waals surface area (Å²) >= 11 is 0. The highest BCUT2D eigenvalue weighted by Crippen LogP contribution is 2.58. The van der Waals surface area contributed by atoms with Crippen LogP contribution in [-0.4, -0.2) is 19.9 Å². The summed E-state index contributed by atoms with van der Waals surface area (Å²) in [5, 5.41) is 0. The average molecular weight is 1030 g/mol. The van der Waals surface area contributed by atoms with Crippen LogP contribution in [0.5, 0.6) is 0 Å². The molecule has 2 aromatic heterocycles. The van der Waals surface area contributed by atoms with E-state index in [4.69, 9.17) is 19.9 Å². The van der Waals surface area contributed by atoms with Gasteiger partial charge in [-0.1, -0.05) is 246 Å². The van der Waals surface area contributed by atoms with Gasteiger partial charge in [0, 0.05) is 55.3 Å². The molecule has 0 aliphatic carbocycles. The Morgan fingerprint density at radius 1 is 0.237 bits per heavy atom. The molecule has 14 rings (SSSR count). The van der Waals surface area contributed by atoms with Gasteiger partial charge in [0.15, 0.2) is 11.6 Å². The van der Waals surface area contributed by atoms with Gasteiger partial charge in [0.1, 0.15) is 0 Å². The number of benzene rings is 10. The number of para-hydroxylation sites is 4. The summed E-state index contributed by atoms with van der Waals surface area (Å²) in [6.45, 7) is 9.39. The van der Waals surface area contributed by atoms with Crippen molar-refractivity contribution < 1.29 is 0 Å². The molecule has 0 bridgehead atoms. The molecule has 0 atom stereocenters. The van der Waals surface area contributed by atoms with Crippen LogP contribution in [-0.2, 0) is 10.8 Å². The van der Waals surface area contributed by atoms with E-state index in [9.17, 15) is 0 Å².